The maximum Gasteiger partial charge on any atom is 0.175 e. The molecular formula is C18H26NO+. The van der Waals surface area contributed by atoms with E-state index < -0.39 is 0 Å². The molecule has 3 rings (SSSR count). The zero-order valence-corrected chi connectivity index (χ0v) is 12.3. The van der Waals surface area contributed by atoms with E-state index >= 15 is 0 Å². The van der Waals surface area contributed by atoms with Crippen LogP contribution < -0.4 is 0 Å². The molecule has 20 heavy (non-hydrogen) atoms. The van der Waals surface area contributed by atoms with E-state index in [1.165, 1.54) is 43.2 Å². The van der Waals surface area contributed by atoms with Crippen molar-refractivity contribution >= 4 is 6.21 Å². The topological polar surface area (TPSA) is 23.2 Å². The lowest BCUT2D eigenvalue weighted by molar-refractivity contribution is -0.567. The fourth-order valence-corrected chi connectivity index (χ4v) is 3.79. The van der Waals surface area contributed by atoms with Crippen LogP contribution >= 0.6 is 0 Å². The van der Waals surface area contributed by atoms with Gasteiger partial charge in [0.2, 0.25) is 0 Å². The third-order valence-electron chi connectivity index (χ3n) is 5.01. The van der Waals surface area contributed by atoms with E-state index in [-0.39, 0.29) is 6.61 Å². The first-order valence-corrected chi connectivity index (χ1v) is 8.16. The number of nitrogens with zero attached hydrogens (tertiary/aromatic N) is 1. The highest BCUT2D eigenvalue weighted by Crippen LogP contribution is 2.28. The zero-order chi connectivity index (χ0) is 13.8. The van der Waals surface area contributed by atoms with Crippen LogP contribution in [0.2, 0.25) is 0 Å². The molecule has 1 fully saturated rings. The molecule has 1 N–H and O–H groups in total. The minimum absolute atomic E-state index is 0.287. The molecule has 2 nitrogen and oxygen atoms in total. The van der Waals surface area contributed by atoms with Crippen LogP contribution in [0, 0.1) is 5.92 Å². The van der Waals surface area contributed by atoms with Gasteiger partial charge in [-0.1, -0.05) is 50.3 Å². The first-order valence-electron chi connectivity index (χ1n) is 8.16. The molecule has 1 aliphatic carbocycles. The predicted molar refractivity (Wildman–Crippen MR) is 82.5 cm³/mol. The highest BCUT2D eigenvalue weighted by atomic mass is 16.3. The van der Waals surface area contributed by atoms with E-state index in [2.05, 4.69) is 35.1 Å². The van der Waals surface area contributed by atoms with Gasteiger partial charge in [-0.3, -0.25) is 0 Å². The van der Waals surface area contributed by atoms with E-state index in [1.54, 1.807) is 0 Å². The van der Waals surface area contributed by atoms with Crippen molar-refractivity contribution in [3.63, 3.8) is 0 Å². The highest BCUT2D eigenvalue weighted by molar-refractivity contribution is 5.78. The maximum atomic E-state index is 9.80. The minimum atomic E-state index is 0.287. The van der Waals surface area contributed by atoms with Crippen LogP contribution in [0.1, 0.15) is 49.7 Å². The van der Waals surface area contributed by atoms with E-state index in [0.29, 0.717) is 6.04 Å². The summed E-state index contributed by atoms with van der Waals surface area (Å²) in [6.07, 6.45) is 11.4. The summed E-state index contributed by atoms with van der Waals surface area (Å²) < 4.78 is 2.39. The quantitative estimate of drug-likeness (QED) is 0.837. The molecule has 0 amide bonds. The molecule has 1 aliphatic heterocycles. The summed E-state index contributed by atoms with van der Waals surface area (Å²) in [6.45, 7) is 1.34. The predicted octanol–water partition coefficient (Wildman–Crippen LogP) is 3.01. The maximum absolute atomic E-state index is 9.80. The Balaban J connectivity index is 1.71. The molecule has 0 unspecified atom stereocenters. The lowest BCUT2D eigenvalue weighted by Gasteiger charge is -2.25. The third kappa shape index (κ3) is 3.12. The highest BCUT2D eigenvalue weighted by Gasteiger charge is 2.27. The normalized spacial score (nSPS) is 21.1. The summed E-state index contributed by atoms with van der Waals surface area (Å²) in [5.41, 5.74) is 2.78. The lowest BCUT2D eigenvalue weighted by Crippen LogP contribution is -2.36. The van der Waals surface area contributed by atoms with Gasteiger partial charge in [-0.15, -0.1) is 0 Å². The van der Waals surface area contributed by atoms with E-state index in [1.807, 2.05) is 0 Å². The monoisotopic (exact) mass is 272 g/mol. The van der Waals surface area contributed by atoms with Crippen LogP contribution in [0.3, 0.4) is 0 Å². The zero-order valence-electron chi connectivity index (χ0n) is 12.3. The Morgan fingerprint density at radius 3 is 2.75 bits per heavy atom. The largest absolute Gasteiger partial charge is 0.389 e. The summed E-state index contributed by atoms with van der Waals surface area (Å²) in [5.74, 6) is 0.825. The molecule has 1 heterocycles. The lowest BCUT2D eigenvalue weighted by atomic mass is 9.84. The molecule has 1 atom stereocenters. The Kier molecular flexibility index (Phi) is 4.51. The molecule has 0 radical (unpaired) electrons. The summed E-state index contributed by atoms with van der Waals surface area (Å²) in [7, 11) is 0. The summed E-state index contributed by atoms with van der Waals surface area (Å²) >= 11 is 0. The van der Waals surface area contributed by atoms with E-state index in [4.69, 9.17) is 0 Å². The van der Waals surface area contributed by atoms with Gasteiger partial charge in [0.05, 0.1) is 0 Å². The van der Waals surface area contributed by atoms with E-state index in [9.17, 15) is 5.11 Å². The van der Waals surface area contributed by atoms with Crippen LogP contribution in [-0.2, 0) is 6.42 Å². The van der Waals surface area contributed by atoms with Gasteiger partial charge in [-0.2, -0.15) is 0 Å². The number of benzene rings is 1. The number of rotatable bonds is 4. The molecule has 0 spiro atoms. The van der Waals surface area contributed by atoms with Gasteiger partial charge < -0.3 is 5.11 Å². The van der Waals surface area contributed by atoms with Crippen molar-refractivity contribution in [2.75, 3.05) is 13.2 Å². The second kappa shape index (κ2) is 6.53. The first kappa shape index (κ1) is 13.8. The van der Waals surface area contributed by atoms with E-state index in [0.717, 1.165) is 25.3 Å². The Hall–Kier alpha value is -1.15. The first-order chi connectivity index (χ1) is 9.86. The van der Waals surface area contributed by atoms with Crippen LogP contribution in [0.15, 0.2) is 24.3 Å². The molecule has 2 heteroatoms. The van der Waals surface area contributed by atoms with Crippen molar-refractivity contribution in [1.82, 2.24) is 0 Å². The Bertz CT molecular complexity index is 474. The minimum Gasteiger partial charge on any atom is -0.389 e. The van der Waals surface area contributed by atoms with Crippen molar-refractivity contribution in [3.05, 3.63) is 35.4 Å². The van der Waals surface area contributed by atoms with Gasteiger partial charge in [0.25, 0.3) is 0 Å². The average Bonchev–Trinajstić information content (AvgIpc) is 2.53. The molecule has 1 aromatic carbocycles. The third-order valence-corrected chi connectivity index (χ3v) is 5.01. The van der Waals surface area contributed by atoms with Crippen LogP contribution in [0.4, 0.5) is 0 Å². The Morgan fingerprint density at radius 2 is 1.95 bits per heavy atom. The van der Waals surface area contributed by atoms with Gasteiger partial charge in [0.1, 0.15) is 13.2 Å². The molecule has 1 saturated carbocycles. The number of fused-ring (bicyclic) bond motifs is 1. The van der Waals surface area contributed by atoms with Crippen LogP contribution in [-0.4, -0.2) is 35.1 Å². The van der Waals surface area contributed by atoms with Gasteiger partial charge in [0.15, 0.2) is 12.3 Å². The number of aliphatic hydroxyl groups excluding tert-OH is 1. The molecule has 0 saturated heterocycles. The second-order valence-corrected chi connectivity index (χ2v) is 6.39. The molecule has 108 valence electrons. The summed E-state index contributed by atoms with van der Waals surface area (Å²) in [4.78, 5) is 0. The van der Waals surface area contributed by atoms with Crippen LogP contribution in [0.25, 0.3) is 0 Å². The molecule has 0 bridgehead atoms. The molecular weight excluding hydrogens is 246 g/mol. The Morgan fingerprint density at radius 1 is 1.15 bits per heavy atom. The summed E-state index contributed by atoms with van der Waals surface area (Å²) in [6, 6.07) is 8.95. The number of aliphatic hydroxyl groups is 1. The number of hydrogen-bond acceptors (Lipinski definition) is 1. The van der Waals surface area contributed by atoms with Crippen molar-refractivity contribution in [3.8, 4) is 0 Å². The standard InChI is InChI=1S/C18H26NO/c20-14-18(12-15-6-2-1-3-7-15)19-11-10-16-8-4-5-9-17(16)13-19/h4-5,8-9,13,15,18,20H,1-3,6-7,10-12,14H2/q+1/t18-/m0/s1. The average molecular weight is 272 g/mol. The van der Waals surface area contributed by atoms with Gasteiger partial charge in [0, 0.05) is 18.4 Å². The summed E-state index contributed by atoms with van der Waals surface area (Å²) in [5, 5.41) is 9.80. The fraction of sp³-hybridized carbons (Fsp3) is 0.611. The van der Waals surface area contributed by atoms with Crippen molar-refractivity contribution in [2.24, 2.45) is 5.92 Å². The van der Waals surface area contributed by atoms with Crippen molar-refractivity contribution in [2.45, 2.75) is 51.0 Å². The smallest absolute Gasteiger partial charge is 0.175 e. The van der Waals surface area contributed by atoms with Gasteiger partial charge in [-0.25, -0.2) is 4.58 Å². The van der Waals surface area contributed by atoms with Crippen molar-refractivity contribution < 1.29 is 9.68 Å². The van der Waals surface area contributed by atoms with Gasteiger partial charge >= 0.3 is 0 Å². The molecule has 0 aromatic heterocycles. The van der Waals surface area contributed by atoms with Crippen molar-refractivity contribution in [1.29, 1.82) is 0 Å². The second-order valence-electron chi connectivity index (χ2n) is 6.39. The van der Waals surface area contributed by atoms with Gasteiger partial charge in [-0.05, 0) is 17.5 Å². The fourth-order valence-electron chi connectivity index (χ4n) is 3.79. The Labute approximate surface area is 122 Å². The number of hydrogen-bond donors (Lipinski definition) is 1. The molecule has 2 aliphatic rings. The van der Waals surface area contributed by atoms with Crippen LogP contribution in [0.5, 0.6) is 0 Å². The molecule has 1 aromatic rings. The SMILES string of the molecule is OC[C@H](CC1CCCCC1)[N+]1=Cc2ccccc2CC1.